The summed E-state index contributed by atoms with van der Waals surface area (Å²) in [4.78, 5) is 0. The van der Waals surface area contributed by atoms with E-state index in [1.54, 1.807) is 0 Å². The normalized spacial score (nSPS) is 16.3. The predicted molar refractivity (Wildman–Crippen MR) is 80.1 cm³/mol. The van der Waals surface area contributed by atoms with Crippen LogP contribution in [0.15, 0.2) is 24.3 Å². The predicted octanol–water partition coefficient (Wildman–Crippen LogP) is 2.84. The van der Waals surface area contributed by atoms with Gasteiger partial charge in [-0.3, -0.25) is 0 Å². The molecular weight excluding hydrogens is 260 g/mol. The number of halogens is 1. The molecule has 1 aromatic rings. The van der Waals surface area contributed by atoms with Crippen molar-refractivity contribution in [1.29, 1.82) is 0 Å². The van der Waals surface area contributed by atoms with E-state index in [2.05, 4.69) is 17.6 Å². The molecule has 1 aliphatic carbocycles. The highest BCUT2D eigenvalue weighted by atomic mass is 35.5. The third-order valence-corrected chi connectivity index (χ3v) is 3.34. The van der Waals surface area contributed by atoms with Gasteiger partial charge in [-0.05, 0) is 57.5 Å². The van der Waals surface area contributed by atoms with Gasteiger partial charge in [0.15, 0.2) is 0 Å². The summed E-state index contributed by atoms with van der Waals surface area (Å²) in [7, 11) is 0. The zero-order valence-electron chi connectivity index (χ0n) is 11.5. The maximum Gasteiger partial charge on any atom is 0.121 e. The molecular formula is C15H23ClN2O. The lowest BCUT2D eigenvalue weighted by molar-refractivity contribution is 0.217. The summed E-state index contributed by atoms with van der Waals surface area (Å²) >= 11 is 5.92. The fraction of sp³-hybridized carbons (Fsp3) is 0.600. The quantitative estimate of drug-likeness (QED) is 0.684. The molecule has 0 spiro atoms. The average Bonchev–Trinajstić information content (AvgIpc) is 3.17. The van der Waals surface area contributed by atoms with E-state index in [4.69, 9.17) is 16.3 Å². The first-order valence-electron chi connectivity index (χ1n) is 7.10. The SMILES string of the molecule is CC(CNCCCNC1CC1)Oc1cccc(Cl)c1. The molecule has 1 atom stereocenters. The van der Waals surface area contributed by atoms with Crippen LogP contribution in [-0.2, 0) is 0 Å². The van der Waals surface area contributed by atoms with E-state index >= 15 is 0 Å². The molecule has 1 unspecified atom stereocenters. The van der Waals surface area contributed by atoms with Crippen molar-refractivity contribution < 1.29 is 4.74 Å². The van der Waals surface area contributed by atoms with E-state index in [0.29, 0.717) is 5.02 Å². The molecule has 1 fully saturated rings. The van der Waals surface area contributed by atoms with Gasteiger partial charge in [-0.2, -0.15) is 0 Å². The molecule has 2 rings (SSSR count). The van der Waals surface area contributed by atoms with Crippen molar-refractivity contribution in [2.45, 2.75) is 38.3 Å². The molecule has 0 aliphatic heterocycles. The first kappa shape index (κ1) is 14.6. The number of hydrogen-bond acceptors (Lipinski definition) is 3. The van der Waals surface area contributed by atoms with Gasteiger partial charge in [0.05, 0.1) is 0 Å². The van der Waals surface area contributed by atoms with Crippen LogP contribution in [0.4, 0.5) is 0 Å². The number of nitrogens with one attached hydrogen (secondary N) is 2. The maximum absolute atomic E-state index is 5.92. The highest BCUT2D eigenvalue weighted by Crippen LogP contribution is 2.18. The van der Waals surface area contributed by atoms with E-state index in [1.807, 2.05) is 24.3 Å². The van der Waals surface area contributed by atoms with Gasteiger partial charge < -0.3 is 15.4 Å². The highest BCUT2D eigenvalue weighted by Gasteiger charge is 2.19. The Hall–Kier alpha value is -0.770. The largest absolute Gasteiger partial charge is 0.489 e. The standard InChI is InChI=1S/C15H23ClN2O/c1-12(19-15-5-2-4-13(16)10-15)11-17-8-3-9-18-14-6-7-14/h2,4-5,10,12,14,17-18H,3,6-9,11H2,1H3. The molecule has 0 radical (unpaired) electrons. The van der Waals surface area contributed by atoms with Crippen LogP contribution in [0.5, 0.6) is 5.75 Å². The number of rotatable bonds is 9. The fourth-order valence-electron chi connectivity index (χ4n) is 1.93. The van der Waals surface area contributed by atoms with Crippen LogP contribution in [0.25, 0.3) is 0 Å². The molecule has 1 saturated carbocycles. The number of benzene rings is 1. The molecule has 19 heavy (non-hydrogen) atoms. The third-order valence-electron chi connectivity index (χ3n) is 3.11. The monoisotopic (exact) mass is 282 g/mol. The Labute approximate surface area is 120 Å². The van der Waals surface area contributed by atoms with Crippen molar-refractivity contribution in [3.05, 3.63) is 29.3 Å². The summed E-state index contributed by atoms with van der Waals surface area (Å²) in [6, 6.07) is 8.34. The van der Waals surface area contributed by atoms with E-state index in [1.165, 1.54) is 19.3 Å². The van der Waals surface area contributed by atoms with Crippen molar-refractivity contribution in [3.63, 3.8) is 0 Å². The van der Waals surface area contributed by atoms with Crippen molar-refractivity contribution in [2.24, 2.45) is 0 Å². The molecule has 106 valence electrons. The van der Waals surface area contributed by atoms with Gasteiger partial charge in [0.2, 0.25) is 0 Å². The van der Waals surface area contributed by atoms with Gasteiger partial charge in [-0.25, -0.2) is 0 Å². The summed E-state index contributed by atoms with van der Waals surface area (Å²) in [5, 5.41) is 7.63. The molecule has 0 amide bonds. The Morgan fingerprint density at radius 2 is 2.21 bits per heavy atom. The third kappa shape index (κ3) is 6.28. The van der Waals surface area contributed by atoms with Crippen LogP contribution in [0.3, 0.4) is 0 Å². The second-order valence-electron chi connectivity index (χ2n) is 5.17. The van der Waals surface area contributed by atoms with Crippen LogP contribution >= 0.6 is 11.6 Å². The zero-order chi connectivity index (χ0) is 13.5. The van der Waals surface area contributed by atoms with Gasteiger partial charge in [0, 0.05) is 17.6 Å². The van der Waals surface area contributed by atoms with Gasteiger partial charge in [0.1, 0.15) is 11.9 Å². The minimum Gasteiger partial charge on any atom is -0.489 e. The molecule has 1 aliphatic rings. The van der Waals surface area contributed by atoms with Crippen LogP contribution in [-0.4, -0.2) is 31.8 Å². The lowest BCUT2D eigenvalue weighted by Gasteiger charge is -2.15. The lowest BCUT2D eigenvalue weighted by atomic mass is 10.3. The van der Waals surface area contributed by atoms with Crippen molar-refractivity contribution in [1.82, 2.24) is 10.6 Å². The minimum absolute atomic E-state index is 0.148. The summed E-state index contributed by atoms with van der Waals surface area (Å²) in [6.07, 6.45) is 4.03. The van der Waals surface area contributed by atoms with Gasteiger partial charge >= 0.3 is 0 Å². The van der Waals surface area contributed by atoms with Crippen molar-refractivity contribution in [3.8, 4) is 5.75 Å². The first-order chi connectivity index (χ1) is 9.24. The van der Waals surface area contributed by atoms with Gasteiger partial charge in [-0.1, -0.05) is 17.7 Å². The fourth-order valence-corrected chi connectivity index (χ4v) is 2.11. The Balaban J connectivity index is 1.52. The van der Waals surface area contributed by atoms with Crippen LogP contribution in [0.1, 0.15) is 26.2 Å². The zero-order valence-corrected chi connectivity index (χ0v) is 12.2. The average molecular weight is 283 g/mol. The first-order valence-corrected chi connectivity index (χ1v) is 7.48. The second-order valence-corrected chi connectivity index (χ2v) is 5.61. The molecule has 3 nitrogen and oxygen atoms in total. The minimum atomic E-state index is 0.148. The van der Waals surface area contributed by atoms with E-state index in [9.17, 15) is 0 Å². The summed E-state index contributed by atoms with van der Waals surface area (Å²) in [6.45, 7) is 5.07. The van der Waals surface area contributed by atoms with Crippen LogP contribution < -0.4 is 15.4 Å². The molecule has 0 heterocycles. The van der Waals surface area contributed by atoms with Crippen molar-refractivity contribution in [2.75, 3.05) is 19.6 Å². The highest BCUT2D eigenvalue weighted by molar-refractivity contribution is 6.30. The smallest absolute Gasteiger partial charge is 0.121 e. The molecule has 1 aromatic carbocycles. The van der Waals surface area contributed by atoms with E-state index < -0.39 is 0 Å². The molecule has 0 aromatic heterocycles. The maximum atomic E-state index is 5.92. The van der Waals surface area contributed by atoms with Crippen molar-refractivity contribution >= 4 is 11.6 Å². The summed E-state index contributed by atoms with van der Waals surface area (Å²) in [5.74, 6) is 0.831. The van der Waals surface area contributed by atoms with E-state index in [0.717, 1.165) is 31.4 Å². The summed E-state index contributed by atoms with van der Waals surface area (Å²) in [5.41, 5.74) is 0. The lowest BCUT2D eigenvalue weighted by Crippen LogP contribution is -2.31. The Bertz CT molecular complexity index is 382. The Morgan fingerprint density at radius 3 is 2.95 bits per heavy atom. The molecule has 4 heteroatoms. The Kier molecular flexibility index (Phi) is 5.95. The molecule has 0 bridgehead atoms. The Morgan fingerprint density at radius 1 is 1.37 bits per heavy atom. The van der Waals surface area contributed by atoms with Gasteiger partial charge in [0.25, 0.3) is 0 Å². The summed E-state index contributed by atoms with van der Waals surface area (Å²) < 4.78 is 5.79. The van der Waals surface area contributed by atoms with Crippen LogP contribution in [0, 0.1) is 0 Å². The number of ether oxygens (including phenoxy) is 1. The van der Waals surface area contributed by atoms with E-state index in [-0.39, 0.29) is 6.10 Å². The molecule has 0 saturated heterocycles. The topological polar surface area (TPSA) is 33.3 Å². The second kappa shape index (κ2) is 7.73. The van der Waals surface area contributed by atoms with Gasteiger partial charge in [-0.15, -0.1) is 0 Å². The van der Waals surface area contributed by atoms with Crippen LogP contribution in [0.2, 0.25) is 5.02 Å². The number of hydrogen-bond donors (Lipinski definition) is 2. The molecule has 2 N–H and O–H groups in total.